The lowest BCUT2D eigenvalue weighted by Crippen LogP contribution is -2.01. The van der Waals surface area contributed by atoms with E-state index in [4.69, 9.17) is 4.43 Å². The Kier molecular flexibility index (Phi) is 5.99. The van der Waals surface area contributed by atoms with E-state index in [1.807, 2.05) is 13.0 Å². The minimum absolute atomic E-state index is 0.218. The van der Waals surface area contributed by atoms with Crippen LogP contribution in [0.25, 0.3) is 0 Å². The largest absolute Gasteiger partial charge is 0.424 e. The molecule has 2 heteroatoms. The fraction of sp³-hybridized carbons (Fsp3) is 0.714. The molecule has 1 nitrogen and oxygen atoms in total. The maximum absolute atomic E-state index is 5.30. The molecule has 0 aliphatic carbocycles. The van der Waals surface area contributed by atoms with E-state index < -0.39 is 0 Å². The Bertz CT molecular complexity index is 73.3. The Balaban J connectivity index is 2.96. The number of hydrogen-bond acceptors (Lipinski definition) is 1. The molecule has 0 N–H and O–H groups in total. The molecule has 0 heterocycles. The fourth-order valence-electron chi connectivity index (χ4n) is 0.531. The van der Waals surface area contributed by atoms with Gasteiger partial charge in [-0.15, -0.1) is 6.58 Å². The number of rotatable bonds is 5. The Morgan fingerprint density at radius 3 is 2.89 bits per heavy atom. The number of hydrogen-bond donors (Lipinski definition) is 0. The summed E-state index contributed by atoms with van der Waals surface area (Å²) in [5, 5.41) is 0. The van der Waals surface area contributed by atoms with Gasteiger partial charge in [0.05, 0.1) is 0 Å². The van der Waals surface area contributed by atoms with Crippen molar-refractivity contribution in [3.8, 4) is 0 Å². The van der Waals surface area contributed by atoms with Gasteiger partial charge in [0, 0.05) is 6.61 Å². The zero-order valence-corrected chi connectivity index (χ0v) is 7.81. The summed E-state index contributed by atoms with van der Waals surface area (Å²) in [6.07, 6.45) is 1.99. The average Bonchev–Trinajstić information content (AvgIpc) is 1.89. The van der Waals surface area contributed by atoms with Gasteiger partial charge in [-0.05, 0) is 18.9 Å². The second-order valence-corrected chi connectivity index (χ2v) is 3.59. The van der Waals surface area contributed by atoms with Crippen molar-refractivity contribution in [2.75, 3.05) is 6.61 Å². The Hall–Kier alpha value is -0.0831. The van der Waals surface area contributed by atoms with Crippen molar-refractivity contribution in [2.45, 2.75) is 19.9 Å². The summed E-state index contributed by atoms with van der Waals surface area (Å²) in [6.45, 7) is 8.82. The van der Waals surface area contributed by atoms with Gasteiger partial charge in [-0.3, -0.25) is 0 Å². The van der Waals surface area contributed by atoms with Crippen molar-refractivity contribution in [2.24, 2.45) is 5.92 Å². The van der Waals surface area contributed by atoms with E-state index in [-0.39, 0.29) is 9.76 Å². The molecular weight excluding hydrogens is 128 g/mol. The highest BCUT2D eigenvalue weighted by Crippen LogP contribution is 2.01. The first-order valence-corrected chi connectivity index (χ1v) is 5.09. The summed E-state index contributed by atoms with van der Waals surface area (Å²) >= 11 is 0. The maximum atomic E-state index is 5.30. The standard InChI is InChI=1S/C7H16OSi/c1-4-7(3)6-9-8-5-2/h4,7H,1,5-6,9H2,2-3H3. The van der Waals surface area contributed by atoms with Gasteiger partial charge in [0.2, 0.25) is 0 Å². The van der Waals surface area contributed by atoms with Gasteiger partial charge in [-0.2, -0.15) is 0 Å². The first-order chi connectivity index (χ1) is 4.31. The van der Waals surface area contributed by atoms with Crippen LogP contribution in [0.5, 0.6) is 0 Å². The average molecular weight is 144 g/mol. The van der Waals surface area contributed by atoms with E-state index in [0.29, 0.717) is 5.92 Å². The smallest absolute Gasteiger partial charge is 0.162 e. The molecule has 0 rings (SSSR count). The zero-order chi connectivity index (χ0) is 7.11. The second-order valence-electron chi connectivity index (χ2n) is 2.20. The van der Waals surface area contributed by atoms with Crippen molar-refractivity contribution in [3.63, 3.8) is 0 Å². The van der Waals surface area contributed by atoms with Crippen molar-refractivity contribution in [1.29, 1.82) is 0 Å². The molecule has 1 atom stereocenters. The van der Waals surface area contributed by atoms with Crippen molar-refractivity contribution in [3.05, 3.63) is 12.7 Å². The SMILES string of the molecule is C=CC(C)C[SiH2]OCC. The Labute approximate surface area is 60.1 Å². The van der Waals surface area contributed by atoms with Gasteiger partial charge < -0.3 is 4.43 Å². The van der Waals surface area contributed by atoms with E-state index in [0.717, 1.165) is 6.61 Å². The predicted molar refractivity (Wildman–Crippen MR) is 44.3 cm³/mol. The third-order valence-corrected chi connectivity index (χ3v) is 3.17. The summed E-state index contributed by atoms with van der Waals surface area (Å²) in [6, 6.07) is 1.23. The maximum Gasteiger partial charge on any atom is 0.162 e. The lowest BCUT2D eigenvalue weighted by molar-refractivity contribution is 0.357. The summed E-state index contributed by atoms with van der Waals surface area (Å²) < 4.78 is 5.30. The first-order valence-electron chi connectivity index (χ1n) is 3.51. The zero-order valence-electron chi connectivity index (χ0n) is 6.39. The predicted octanol–water partition coefficient (Wildman–Crippen LogP) is 1.35. The van der Waals surface area contributed by atoms with E-state index in [9.17, 15) is 0 Å². The number of allylic oxidation sites excluding steroid dienone is 1. The summed E-state index contributed by atoms with van der Waals surface area (Å²) in [4.78, 5) is 0. The van der Waals surface area contributed by atoms with E-state index in [1.165, 1.54) is 6.04 Å². The fourth-order valence-corrected chi connectivity index (χ4v) is 1.59. The molecule has 0 saturated carbocycles. The molecule has 0 saturated heterocycles. The van der Waals surface area contributed by atoms with E-state index >= 15 is 0 Å². The van der Waals surface area contributed by atoms with Crippen LogP contribution < -0.4 is 0 Å². The van der Waals surface area contributed by atoms with Gasteiger partial charge in [-0.1, -0.05) is 13.0 Å². The molecule has 54 valence electrons. The lowest BCUT2D eigenvalue weighted by Gasteiger charge is -2.03. The van der Waals surface area contributed by atoms with Crippen LogP contribution in [0.15, 0.2) is 12.7 Å². The quantitative estimate of drug-likeness (QED) is 0.321. The van der Waals surface area contributed by atoms with Gasteiger partial charge >= 0.3 is 0 Å². The van der Waals surface area contributed by atoms with E-state index in [2.05, 4.69) is 13.5 Å². The van der Waals surface area contributed by atoms with Gasteiger partial charge in [0.1, 0.15) is 0 Å². The first kappa shape index (κ1) is 8.92. The Morgan fingerprint density at radius 2 is 2.44 bits per heavy atom. The molecule has 0 spiro atoms. The molecule has 0 fully saturated rings. The molecule has 0 aromatic carbocycles. The van der Waals surface area contributed by atoms with Gasteiger partial charge in [-0.25, -0.2) is 0 Å². The third kappa shape index (κ3) is 5.79. The second kappa shape index (κ2) is 6.04. The highest BCUT2D eigenvalue weighted by atomic mass is 28.2. The Morgan fingerprint density at radius 1 is 1.78 bits per heavy atom. The monoisotopic (exact) mass is 144 g/mol. The van der Waals surface area contributed by atoms with Crippen LogP contribution in [0.1, 0.15) is 13.8 Å². The molecule has 0 aromatic rings. The molecule has 0 radical (unpaired) electrons. The van der Waals surface area contributed by atoms with Gasteiger partial charge in [0.25, 0.3) is 0 Å². The summed E-state index contributed by atoms with van der Waals surface area (Å²) in [7, 11) is -0.218. The van der Waals surface area contributed by atoms with Crippen LogP contribution in [-0.4, -0.2) is 16.4 Å². The van der Waals surface area contributed by atoms with Crippen LogP contribution in [0.3, 0.4) is 0 Å². The van der Waals surface area contributed by atoms with Crippen LogP contribution in [-0.2, 0) is 4.43 Å². The highest BCUT2D eigenvalue weighted by Gasteiger charge is 1.94. The minimum atomic E-state index is -0.218. The highest BCUT2D eigenvalue weighted by molar-refractivity contribution is 6.27. The lowest BCUT2D eigenvalue weighted by atomic mass is 10.2. The van der Waals surface area contributed by atoms with Gasteiger partial charge in [0.15, 0.2) is 9.76 Å². The van der Waals surface area contributed by atoms with Crippen LogP contribution in [0.4, 0.5) is 0 Å². The normalized spacial score (nSPS) is 14.4. The summed E-state index contributed by atoms with van der Waals surface area (Å²) in [5.74, 6) is 0.656. The third-order valence-electron chi connectivity index (χ3n) is 1.32. The molecule has 9 heavy (non-hydrogen) atoms. The van der Waals surface area contributed by atoms with Crippen molar-refractivity contribution in [1.82, 2.24) is 0 Å². The van der Waals surface area contributed by atoms with E-state index in [1.54, 1.807) is 0 Å². The molecule has 0 bridgehead atoms. The molecule has 0 aliphatic rings. The van der Waals surface area contributed by atoms with Crippen LogP contribution in [0, 0.1) is 5.92 Å². The minimum Gasteiger partial charge on any atom is -0.424 e. The molecular formula is C7H16OSi. The van der Waals surface area contributed by atoms with Crippen molar-refractivity contribution < 1.29 is 4.43 Å². The molecule has 1 unspecified atom stereocenters. The molecule has 0 aromatic heterocycles. The molecule has 0 amide bonds. The van der Waals surface area contributed by atoms with Crippen molar-refractivity contribution >= 4 is 9.76 Å². The molecule has 0 aliphatic heterocycles. The summed E-state index contributed by atoms with van der Waals surface area (Å²) in [5.41, 5.74) is 0. The van der Waals surface area contributed by atoms with Crippen LogP contribution in [0.2, 0.25) is 6.04 Å². The van der Waals surface area contributed by atoms with Crippen LogP contribution >= 0.6 is 0 Å². The topological polar surface area (TPSA) is 9.23 Å².